The first-order valence-corrected chi connectivity index (χ1v) is 7.06. The molecule has 0 aliphatic carbocycles. The fourth-order valence-electron chi connectivity index (χ4n) is 2.43. The van der Waals surface area contributed by atoms with Crippen LogP contribution in [0, 0.1) is 11.7 Å². The fourth-order valence-corrected chi connectivity index (χ4v) is 2.43. The van der Waals surface area contributed by atoms with Gasteiger partial charge in [0, 0.05) is 13.0 Å². The van der Waals surface area contributed by atoms with E-state index in [0.717, 1.165) is 25.9 Å². The van der Waals surface area contributed by atoms with Crippen molar-refractivity contribution in [3.63, 3.8) is 0 Å². The summed E-state index contributed by atoms with van der Waals surface area (Å²) in [6, 6.07) is 5.79. The van der Waals surface area contributed by atoms with Crippen LogP contribution in [0.15, 0.2) is 24.3 Å². The van der Waals surface area contributed by atoms with E-state index in [4.69, 9.17) is 0 Å². The fraction of sp³-hybridized carbons (Fsp3) is 0.533. The summed E-state index contributed by atoms with van der Waals surface area (Å²) in [4.78, 5) is 11.7. The molecule has 3 N–H and O–H groups in total. The Kier molecular flexibility index (Phi) is 5.49. The Balaban J connectivity index is 1.69. The summed E-state index contributed by atoms with van der Waals surface area (Å²) in [5, 5.41) is 15.8. The third-order valence-electron chi connectivity index (χ3n) is 3.67. The largest absolute Gasteiger partial charge is 0.387 e. The molecule has 1 aliphatic heterocycles. The Labute approximate surface area is 118 Å². The first-order chi connectivity index (χ1) is 9.65. The minimum atomic E-state index is -0.872. The maximum Gasteiger partial charge on any atom is 0.220 e. The molecular formula is C15H21FN2O2. The summed E-state index contributed by atoms with van der Waals surface area (Å²) >= 11 is 0. The quantitative estimate of drug-likeness (QED) is 0.737. The van der Waals surface area contributed by atoms with E-state index in [0.29, 0.717) is 17.9 Å². The molecule has 20 heavy (non-hydrogen) atoms. The third-order valence-corrected chi connectivity index (χ3v) is 3.67. The topological polar surface area (TPSA) is 61.4 Å². The van der Waals surface area contributed by atoms with Crippen LogP contribution in [0.2, 0.25) is 0 Å². The Morgan fingerprint density at radius 3 is 3.10 bits per heavy atom. The molecule has 110 valence electrons. The van der Waals surface area contributed by atoms with Gasteiger partial charge >= 0.3 is 0 Å². The lowest BCUT2D eigenvalue weighted by Crippen LogP contribution is -2.28. The summed E-state index contributed by atoms with van der Waals surface area (Å²) in [6.45, 7) is 2.13. The van der Waals surface area contributed by atoms with Crippen LogP contribution in [0.5, 0.6) is 0 Å². The molecule has 2 atom stereocenters. The maximum atomic E-state index is 13.0. The highest BCUT2D eigenvalue weighted by Gasteiger charge is 2.16. The Hall–Kier alpha value is -1.46. The Morgan fingerprint density at radius 2 is 2.40 bits per heavy atom. The summed E-state index contributed by atoms with van der Waals surface area (Å²) in [5.41, 5.74) is 0.477. The zero-order valence-electron chi connectivity index (χ0n) is 11.4. The number of aliphatic hydroxyl groups excluding tert-OH is 1. The average molecular weight is 280 g/mol. The van der Waals surface area contributed by atoms with Gasteiger partial charge < -0.3 is 15.7 Å². The second-order valence-corrected chi connectivity index (χ2v) is 5.27. The van der Waals surface area contributed by atoms with Crippen LogP contribution >= 0.6 is 0 Å². The molecule has 1 aromatic carbocycles. The average Bonchev–Trinajstić information content (AvgIpc) is 2.95. The molecule has 0 aromatic heterocycles. The monoisotopic (exact) mass is 280 g/mol. The molecule has 5 heteroatoms. The van der Waals surface area contributed by atoms with Gasteiger partial charge in [0.2, 0.25) is 5.91 Å². The van der Waals surface area contributed by atoms with Crippen molar-refractivity contribution in [2.45, 2.75) is 25.4 Å². The van der Waals surface area contributed by atoms with Crippen LogP contribution in [0.3, 0.4) is 0 Å². The van der Waals surface area contributed by atoms with Gasteiger partial charge in [-0.15, -0.1) is 0 Å². The van der Waals surface area contributed by atoms with Gasteiger partial charge in [0.1, 0.15) is 5.82 Å². The molecule has 2 unspecified atom stereocenters. The van der Waals surface area contributed by atoms with E-state index in [1.165, 1.54) is 12.1 Å². The Bertz CT molecular complexity index is 447. The van der Waals surface area contributed by atoms with Gasteiger partial charge in [-0.2, -0.15) is 0 Å². The minimum absolute atomic E-state index is 0.0626. The molecule has 0 spiro atoms. The zero-order valence-corrected chi connectivity index (χ0v) is 11.4. The van der Waals surface area contributed by atoms with Gasteiger partial charge in [-0.3, -0.25) is 4.79 Å². The normalized spacial score (nSPS) is 19.8. The number of benzene rings is 1. The lowest BCUT2D eigenvalue weighted by molar-refractivity contribution is -0.121. The van der Waals surface area contributed by atoms with Crippen molar-refractivity contribution < 1.29 is 14.3 Å². The smallest absolute Gasteiger partial charge is 0.220 e. The van der Waals surface area contributed by atoms with Crippen molar-refractivity contribution in [3.05, 3.63) is 35.6 Å². The van der Waals surface area contributed by atoms with Crippen LogP contribution < -0.4 is 10.6 Å². The highest BCUT2D eigenvalue weighted by atomic mass is 19.1. The van der Waals surface area contributed by atoms with Crippen molar-refractivity contribution in [2.24, 2.45) is 5.92 Å². The van der Waals surface area contributed by atoms with E-state index in [1.807, 2.05) is 0 Å². The predicted octanol–water partition coefficient (Wildman–Crippen LogP) is 1.36. The van der Waals surface area contributed by atoms with Gasteiger partial charge in [0.05, 0.1) is 6.10 Å². The van der Waals surface area contributed by atoms with E-state index < -0.39 is 6.10 Å². The number of halogens is 1. The minimum Gasteiger partial charge on any atom is -0.387 e. The molecule has 4 nitrogen and oxygen atoms in total. The molecule has 0 radical (unpaired) electrons. The highest BCUT2D eigenvalue weighted by molar-refractivity contribution is 5.75. The van der Waals surface area contributed by atoms with Crippen molar-refractivity contribution in [3.8, 4) is 0 Å². The molecule has 2 rings (SSSR count). The second kappa shape index (κ2) is 7.36. The van der Waals surface area contributed by atoms with E-state index in [2.05, 4.69) is 10.6 Å². The SMILES string of the molecule is O=C(CCC1CCNC1)NCC(O)c1cccc(F)c1. The molecule has 1 aliphatic rings. The molecule has 1 amide bonds. The second-order valence-electron chi connectivity index (χ2n) is 5.27. The van der Waals surface area contributed by atoms with E-state index in [-0.39, 0.29) is 18.3 Å². The zero-order chi connectivity index (χ0) is 14.4. The van der Waals surface area contributed by atoms with Gasteiger partial charge in [-0.05, 0) is 49.5 Å². The highest BCUT2D eigenvalue weighted by Crippen LogP contribution is 2.15. The van der Waals surface area contributed by atoms with Crippen LogP contribution in [0.1, 0.15) is 30.9 Å². The summed E-state index contributed by atoms with van der Waals surface area (Å²) in [6.07, 6.45) is 1.60. The van der Waals surface area contributed by atoms with Gasteiger partial charge in [-0.25, -0.2) is 4.39 Å². The number of rotatable bonds is 6. The lowest BCUT2D eigenvalue weighted by atomic mass is 10.0. The van der Waals surface area contributed by atoms with Crippen LogP contribution in [-0.2, 0) is 4.79 Å². The maximum absolute atomic E-state index is 13.0. The van der Waals surface area contributed by atoms with E-state index in [1.54, 1.807) is 12.1 Å². The number of hydrogen-bond donors (Lipinski definition) is 3. The molecular weight excluding hydrogens is 259 g/mol. The standard InChI is InChI=1S/C15H21FN2O2/c16-13-3-1-2-12(8-13)14(19)10-18-15(20)5-4-11-6-7-17-9-11/h1-3,8,11,14,17,19H,4-7,9-10H2,(H,18,20). The van der Waals surface area contributed by atoms with E-state index in [9.17, 15) is 14.3 Å². The number of nitrogens with one attached hydrogen (secondary N) is 2. The number of amides is 1. The molecule has 0 bridgehead atoms. The number of aliphatic hydroxyl groups is 1. The first-order valence-electron chi connectivity index (χ1n) is 7.06. The third kappa shape index (κ3) is 4.58. The van der Waals surface area contributed by atoms with Gasteiger partial charge in [0.25, 0.3) is 0 Å². The van der Waals surface area contributed by atoms with Crippen molar-refractivity contribution in [1.29, 1.82) is 0 Å². The van der Waals surface area contributed by atoms with Gasteiger partial charge in [-0.1, -0.05) is 12.1 Å². The molecule has 1 aromatic rings. The predicted molar refractivity (Wildman–Crippen MR) is 74.6 cm³/mol. The molecule has 0 saturated carbocycles. The summed E-state index contributed by atoms with van der Waals surface area (Å²) < 4.78 is 13.0. The van der Waals surface area contributed by atoms with Crippen molar-refractivity contribution in [2.75, 3.05) is 19.6 Å². The summed E-state index contributed by atoms with van der Waals surface area (Å²) in [7, 11) is 0. The molecule has 1 saturated heterocycles. The number of carbonyl (C=O) groups excluding carboxylic acids is 1. The van der Waals surface area contributed by atoms with Crippen molar-refractivity contribution >= 4 is 5.91 Å². The number of carbonyl (C=O) groups is 1. The molecule has 1 fully saturated rings. The van der Waals surface area contributed by atoms with Gasteiger partial charge in [0.15, 0.2) is 0 Å². The Morgan fingerprint density at radius 1 is 1.55 bits per heavy atom. The first kappa shape index (κ1) is 14.9. The van der Waals surface area contributed by atoms with Crippen LogP contribution in [0.4, 0.5) is 4.39 Å². The van der Waals surface area contributed by atoms with Crippen molar-refractivity contribution in [1.82, 2.24) is 10.6 Å². The van der Waals surface area contributed by atoms with Crippen LogP contribution in [-0.4, -0.2) is 30.6 Å². The van der Waals surface area contributed by atoms with Crippen LogP contribution in [0.25, 0.3) is 0 Å². The molecule has 1 heterocycles. The van der Waals surface area contributed by atoms with E-state index >= 15 is 0 Å². The summed E-state index contributed by atoms with van der Waals surface area (Å²) in [5.74, 6) is 0.128. The lowest BCUT2D eigenvalue weighted by Gasteiger charge is -2.13. The number of hydrogen-bond acceptors (Lipinski definition) is 3.